The number of ether oxygens (including phenoxy) is 1. The van der Waals surface area contributed by atoms with Gasteiger partial charge >= 0.3 is 0 Å². The molecule has 0 unspecified atom stereocenters. The van der Waals surface area contributed by atoms with Crippen LogP contribution in [0.2, 0.25) is 0 Å². The van der Waals surface area contributed by atoms with E-state index in [1.54, 1.807) is 13.2 Å². The number of aromatic nitrogens is 1. The summed E-state index contributed by atoms with van der Waals surface area (Å²) in [5.41, 5.74) is 3.31. The standard InChI is InChI=1S/C16H18N2O2.C2H6/c1-17(2)11-4-6-15-13(8-11)14-9-12(19)5-7-16(14)18(15)10-20-3;1-2/h4-9,19H,10H2,1-3H3;1-2H3. The first-order chi connectivity index (χ1) is 10.6. The first kappa shape index (κ1) is 16.2. The van der Waals surface area contributed by atoms with E-state index < -0.39 is 0 Å². The molecule has 0 spiro atoms. The Hall–Kier alpha value is -2.20. The highest BCUT2D eigenvalue weighted by atomic mass is 16.5. The third-order valence-corrected chi connectivity index (χ3v) is 3.61. The minimum Gasteiger partial charge on any atom is -0.508 e. The van der Waals surface area contributed by atoms with E-state index in [0.717, 1.165) is 27.5 Å². The van der Waals surface area contributed by atoms with E-state index >= 15 is 0 Å². The Labute approximate surface area is 131 Å². The summed E-state index contributed by atoms with van der Waals surface area (Å²) < 4.78 is 7.42. The maximum absolute atomic E-state index is 9.76. The molecule has 0 aliphatic heterocycles. The molecule has 0 bridgehead atoms. The largest absolute Gasteiger partial charge is 0.508 e. The van der Waals surface area contributed by atoms with E-state index in [2.05, 4.69) is 27.7 Å². The minimum atomic E-state index is 0.282. The normalized spacial score (nSPS) is 10.6. The summed E-state index contributed by atoms with van der Waals surface area (Å²) in [5, 5.41) is 11.9. The Kier molecular flexibility index (Phi) is 4.93. The number of benzene rings is 2. The highest BCUT2D eigenvalue weighted by molar-refractivity contribution is 6.09. The number of phenolic OH excluding ortho intramolecular Hbond substituents is 1. The van der Waals surface area contributed by atoms with Crippen molar-refractivity contribution in [2.24, 2.45) is 0 Å². The third kappa shape index (κ3) is 2.74. The van der Waals surface area contributed by atoms with Crippen molar-refractivity contribution in [1.29, 1.82) is 0 Å². The smallest absolute Gasteiger partial charge is 0.123 e. The molecular weight excluding hydrogens is 276 g/mol. The van der Waals surface area contributed by atoms with Crippen LogP contribution in [0.1, 0.15) is 13.8 Å². The molecule has 1 N–H and O–H groups in total. The quantitative estimate of drug-likeness (QED) is 0.788. The molecule has 0 saturated carbocycles. The molecule has 1 heterocycles. The van der Waals surface area contributed by atoms with Crippen LogP contribution >= 0.6 is 0 Å². The van der Waals surface area contributed by atoms with Crippen LogP contribution in [-0.2, 0) is 11.5 Å². The zero-order valence-electron chi connectivity index (χ0n) is 13.9. The topological polar surface area (TPSA) is 37.6 Å². The minimum absolute atomic E-state index is 0.282. The number of hydrogen-bond donors (Lipinski definition) is 1. The van der Waals surface area contributed by atoms with E-state index in [0.29, 0.717) is 6.73 Å². The van der Waals surface area contributed by atoms with Crippen molar-refractivity contribution in [3.05, 3.63) is 36.4 Å². The summed E-state index contributed by atoms with van der Waals surface area (Å²) >= 11 is 0. The molecule has 4 nitrogen and oxygen atoms in total. The zero-order valence-corrected chi connectivity index (χ0v) is 13.9. The van der Waals surface area contributed by atoms with Gasteiger partial charge in [0.15, 0.2) is 0 Å². The lowest BCUT2D eigenvalue weighted by Crippen LogP contribution is -2.08. The van der Waals surface area contributed by atoms with Gasteiger partial charge in [-0.3, -0.25) is 0 Å². The van der Waals surface area contributed by atoms with Crippen molar-refractivity contribution < 1.29 is 9.84 Å². The average Bonchev–Trinajstić information content (AvgIpc) is 2.83. The highest BCUT2D eigenvalue weighted by Crippen LogP contribution is 2.33. The van der Waals surface area contributed by atoms with Crippen LogP contribution in [0.4, 0.5) is 5.69 Å². The van der Waals surface area contributed by atoms with Crippen LogP contribution in [0.3, 0.4) is 0 Å². The van der Waals surface area contributed by atoms with E-state index in [9.17, 15) is 5.11 Å². The lowest BCUT2D eigenvalue weighted by atomic mass is 10.1. The number of phenols is 1. The molecule has 0 atom stereocenters. The van der Waals surface area contributed by atoms with Gasteiger partial charge in [0.1, 0.15) is 12.5 Å². The van der Waals surface area contributed by atoms with Crippen molar-refractivity contribution in [3.63, 3.8) is 0 Å². The first-order valence-corrected chi connectivity index (χ1v) is 7.53. The summed E-state index contributed by atoms with van der Waals surface area (Å²) in [4.78, 5) is 2.07. The van der Waals surface area contributed by atoms with Crippen LogP contribution in [0, 0.1) is 0 Å². The Morgan fingerprint density at radius 1 is 1.00 bits per heavy atom. The van der Waals surface area contributed by atoms with Crippen molar-refractivity contribution in [3.8, 4) is 5.75 Å². The zero-order chi connectivity index (χ0) is 16.3. The fraction of sp³-hybridized carbons (Fsp3) is 0.333. The van der Waals surface area contributed by atoms with Crippen LogP contribution in [0.15, 0.2) is 36.4 Å². The number of rotatable bonds is 3. The lowest BCUT2D eigenvalue weighted by Gasteiger charge is -2.12. The van der Waals surface area contributed by atoms with E-state index in [1.807, 2.05) is 40.1 Å². The van der Waals surface area contributed by atoms with E-state index in [1.165, 1.54) is 0 Å². The summed E-state index contributed by atoms with van der Waals surface area (Å²) in [7, 11) is 5.73. The highest BCUT2D eigenvalue weighted by Gasteiger charge is 2.12. The molecule has 2 aromatic carbocycles. The average molecular weight is 300 g/mol. The fourth-order valence-electron chi connectivity index (χ4n) is 2.63. The molecule has 0 amide bonds. The molecule has 0 saturated heterocycles. The predicted molar refractivity (Wildman–Crippen MR) is 93.8 cm³/mol. The second-order valence-electron chi connectivity index (χ2n) is 5.14. The van der Waals surface area contributed by atoms with Crippen molar-refractivity contribution in [2.75, 3.05) is 26.1 Å². The first-order valence-electron chi connectivity index (χ1n) is 7.53. The second kappa shape index (κ2) is 6.71. The van der Waals surface area contributed by atoms with Crippen molar-refractivity contribution in [1.82, 2.24) is 4.57 Å². The van der Waals surface area contributed by atoms with Crippen LogP contribution in [0.25, 0.3) is 21.8 Å². The maximum Gasteiger partial charge on any atom is 0.123 e. The van der Waals surface area contributed by atoms with Crippen LogP contribution < -0.4 is 4.90 Å². The van der Waals surface area contributed by atoms with Crippen LogP contribution in [-0.4, -0.2) is 30.9 Å². The van der Waals surface area contributed by atoms with Crippen molar-refractivity contribution in [2.45, 2.75) is 20.6 Å². The van der Waals surface area contributed by atoms with Gasteiger partial charge in [-0.2, -0.15) is 0 Å². The molecule has 3 aromatic rings. The van der Waals surface area contributed by atoms with Gasteiger partial charge in [0, 0.05) is 37.7 Å². The van der Waals surface area contributed by atoms with Gasteiger partial charge in [0.25, 0.3) is 0 Å². The number of nitrogens with zero attached hydrogens (tertiary/aromatic N) is 2. The van der Waals surface area contributed by atoms with E-state index in [-0.39, 0.29) is 5.75 Å². The summed E-state index contributed by atoms with van der Waals surface area (Å²) in [5.74, 6) is 0.282. The monoisotopic (exact) mass is 300 g/mol. The van der Waals surface area contributed by atoms with Gasteiger partial charge in [0.2, 0.25) is 0 Å². The summed E-state index contributed by atoms with van der Waals surface area (Å²) in [6.07, 6.45) is 0. The molecule has 118 valence electrons. The number of hydrogen-bond acceptors (Lipinski definition) is 3. The predicted octanol–water partition coefficient (Wildman–Crippen LogP) is 4.20. The molecule has 0 aliphatic carbocycles. The molecule has 22 heavy (non-hydrogen) atoms. The molecular formula is C18H24N2O2. The Bertz CT molecular complexity index is 775. The van der Waals surface area contributed by atoms with Gasteiger partial charge in [-0.25, -0.2) is 0 Å². The maximum atomic E-state index is 9.76. The molecule has 0 radical (unpaired) electrons. The Balaban J connectivity index is 0.000000847. The molecule has 0 fully saturated rings. The van der Waals surface area contributed by atoms with Gasteiger partial charge in [-0.15, -0.1) is 0 Å². The van der Waals surface area contributed by atoms with E-state index in [4.69, 9.17) is 4.74 Å². The molecule has 1 aromatic heterocycles. The third-order valence-electron chi connectivity index (χ3n) is 3.61. The summed E-state index contributed by atoms with van der Waals surface area (Å²) in [6.45, 7) is 4.49. The SMILES string of the molecule is CC.COCn1c2ccc(O)cc2c2cc(N(C)C)ccc21. The number of aromatic hydroxyl groups is 1. The number of methoxy groups -OCH3 is 1. The Morgan fingerprint density at radius 2 is 1.59 bits per heavy atom. The summed E-state index contributed by atoms with van der Waals surface area (Å²) in [6, 6.07) is 11.8. The molecule has 4 heteroatoms. The fourth-order valence-corrected chi connectivity index (χ4v) is 2.63. The van der Waals surface area contributed by atoms with Gasteiger partial charge in [0.05, 0.1) is 11.0 Å². The molecule has 3 rings (SSSR count). The lowest BCUT2D eigenvalue weighted by molar-refractivity contribution is 0.138. The molecule has 0 aliphatic rings. The van der Waals surface area contributed by atoms with Gasteiger partial charge in [-0.05, 0) is 36.4 Å². The number of fused-ring (bicyclic) bond motifs is 3. The Morgan fingerprint density at radius 3 is 2.18 bits per heavy atom. The van der Waals surface area contributed by atoms with Crippen molar-refractivity contribution >= 4 is 27.5 Å². The van der Waals surface area contributed by atoms with Gasteiger partial charge in [-0.1, -0.05) is 13.8 Å². The second-order valence-corrected chi connectivity index (χ2v) is 5.14. The number of anilines is 1. The van der Waals surface area contributed by atoms with Crippen LogP contribution in [0.5, 0.6) is 5.75 Å². The van der Waals surface area contributed by atoms with Gasteiger partial charge < -0.3 is 19.3 Å².